The van der Waals surface area contributed by atoms with Gasteiger partial charge in [-0.15, -0.1) is 0 Å². The third-order valence-electron chi connectivity index (χ3n) is 5.39. The molecule has 0 aliphatic heterocycles. The van der Waals surface area contributed by atoms with Gasteiger partial charge in [-0.2, -0.15) is 0 Å². The normalized spacial score (nSPS) is 11.2. The van der Waals surface area contributed by atoms with E-state index in [-0.39, 0.29) is 11.7 Å². The van der Waals surface area contributed by atoms with E-state index in [1.165, 1.54) is 12.1 Å². The van der Waals surface area contributed by atoms with Gasteiger partial charge in [-0.05, 0) is 48.0 Å². The Morgan fingerprint density at radius 3 is 2.58 bits per heavy atom. The first-order chi connectivity index (χ1) is 15.1. The van der Waals surface area contributed by atoms with E-state index >= 15 is 0 Å². The number of hydrogen-bond acceptors (Lipinski definition) is 3. The summed E-state index contributed by atoms with van der Waals surface area (Å²) < 4.78 is 19.7. The molecule has 5 nitrogen and oxygen atoms in total. The number of H-pyrrole nitrogens is 1. The van der Waals surface area contributed by atoms with Crippen LogP contribution in [-0.4, -0.2) is 24.2 Å². The van der Waals surface area contributed by atoms with Crippen molar-refractivity contribution >= 4 is 34.1 Å². The lowest BCUT2D eigenvalue weighted by Crippen LogP contribution is -2.18. The number of carbonyl (C=O) groups excluding carboxylic acids is 2. The van der Waals surface area contributed by atoms with Gasteiger partial charge < -0.3 is 14.7 Å². The molecule has 1 amide bonds. The fraction of sp³-hybridized carbons (Fsp3) is 0.0400. The minimum absolute atomic E-state index is 0.305. The number of benzene rings is 3. The Bertz CT molecular complexity index is 1460. The van der Waals surface area contributed by atoms with E-state index in [0.717, 1.165) is 28.3 Å². The summed E-state index contributed by atoms with van der Waals surface area (Å²) in [5.74, 6) is -0.303. The van der Waals surface area contributed by atoms with Gasteiger partial charge in [-0.3, -0.25) is 9.59 Å². The van der Waals surface area contributed by atoms with Gasteiger partial charge in [0.05, 0.1) is 11.1 Å². The molecule has 0 saturated heterocycles. The summed E-state index contributed by atoms with van der Waals surface area (Å²) in [6.45, 7) is 0. The fourth-order valence-electron chi connectivity index (χ4n) is 3.94. The second-order valence-electron chi connectivity index (χ2n) is 7.20. The van der Waals surface area contributed by atoms with Gasteiger partial charge in [0.25, 0.3) is 5.91 Å². The average molecular weight is 412 g/mol. The van der Waals surface area contributed by atoms with Crippen molar-refractivity contribution in [1.82, 2.24) is 10.3 Å². The standard InChI is InChI=1S/C25H17FN2O3/c1-27-25(30)21-20-12-19(16-4-2-3-14(11-16)13-29)22-18(9-10-28-22)24(20)31-23(21)15-5-7-17(26)8-6-15/h2-13,28H,1H3,(H,27,30). The second kappa shape index (κ2) is 7.25. The molecule has 2 aromatic heterocycles. The number of amides is 1. The van der Waals surface area contributed by atoms with Crippen LogP contribution in [0.15, 0.2) is 71.3 Å². The second-order valence-corrected chi connectivity index (χ2v) is 7.20. The highest BCUT2D eigenvalue weighted by Gasteiger charge is 2.24. The maximum absolute atomic E-state index is 13.5. The summed E-state index contributed by atoms with van der Waals surface area (Å²) in [6.07, 6.45) is 2.60. The number of nitrogens with one attached hydrogen (secondary N) is 2. The number of halogens is 1. The molecule has 0 spiro atoms. The highest BCUT2D eigenvalue weighted by Crippen LogP contribution is 2.41. The Morgan fingerprint density at radius 1 is 1.03 bits per heavy atom. The molecule has 0 saturated carbocycles. The van der Waals surface area contributed by atoms with Crippen LogP contribution < -0.4 is 5.32 Å². The first-order valence-corrected chi connectivity index (χ1v) is 9.71. The first-order valence-electron chi connectivity index (χ1n) is 9.71. The molecule has 0 aliphatic rings. The van der Waals surface area contributed by atoms with E-state index in [0.29, 0.717) is 33.4 Å². The lowest BCUT2D eigenvalue weighted by molar-refractivity contribution is 0.0964. The van der Waals surface area contributed by atoms with Crippen molar-refractivity contribution in [2.45, 2.75) is 0 Å². The summed E-state index contributed by atoms with van der Waals surface area (Å²) in [7, 11) is 1.55. The van der Waals surface area contributed by atoms with Gasteiger partial charge in [0, 0.05) is 40.7 Å². The smallest absolute Gasteiger partial charge is 0.255 e. The van der Waals surface area contributed by atoms with Crippen molar-refractivity contribution in [2.75, 3.05) is 7.05 Å². The average Bonchev–Trinajstić information content (AvgIpc) is 3.43. The SMILES string of the molecule is CNC(=O)c1c(-c2ccc(F)cc2)oc2c1cc(-c1cccc(C=O)c1)c1[nH]ccc12. The summed E-state index contributed by atoms with van der Waals surface area (Å²) in [4.78, 5) is 27.4. The molecule has 5 aromatic rings. The largest absolute Gasteiger partial charge is 0.454 e. The van der Waals surface area contributed by atoms with Crippen LogP contribution in [0.2, 0.25) is 0 Å². The Balaban J connectivity index is 1.87. The van der Waals surface area contributed by atoms with Gasteiger partial charge in [0.2, 0.25) is 0 Å². The Morgan fingerprint density at radius 2 is 1.84 bits per heavy atom. The molecule has 6 heteroatoms. The Labute approximate surface area is 176 Å². The van der Waals surface area contributed by atoms with Crippen molar-refractivity contribution in [1.29, 1.82) is 0 Å². The van der Waals surface area contributed by atoms with Crippen LogP contribution in [-0.2, 0) is 0 Å². The number of fused-ring (bicyclic) bond motifs is 3. The molecule has 0 unspecified atom stereocenters. The van der Waals surface area contributed by atoms with Crippen molar-refractivity contribution in [3.05, 3.63) is 83.8 Å². The van der Waals surface area contributed by atoms with Gasteiger partial charge >= 0.3 is 0 Å². The topological polar surface area (TPSA) is 75.1 Å². The maximum atomic E-state index is 13.5. The van der Waals surface area contributed by atoms with Crippen LogP contribution in [0.4, 0.5) is 4.39 Å². The van der Waals surface area contributed by atoms with Crippen molar-refractivity contribution in [3.8, 4) is 22.5 Å². The zero-order chi connectivity index (χ0) is 21.5. The number of furan rings is 1. The molecule has 0 bridgehead atoms. The summed E-state index contributed by atoms with van der Waals surface area (Å²) >= 11 is 0. The maximum Gasteiger partial charge on any atom is 0.255 e. The zero-order valence-electron chi connectivity index (χ0n) is 16.5. The highest BCUT2D eigenvalue weighted by atomic mass is 19.1. The van der Waals surface area contributed by atoms with E-state index in [9.17, 15) is 14.0 Å². The monoisotopic (exact) mass is 412 g/mol. The quantitative estimate of drug-likeness (QED) is 0.380. The predicted molar refractivity (Wildman–Crippen MR) is 118 cm³/mol. The predicted octanol–water partition coefficient (Wildman–Crippen LogP) is 5.56. The van der Waals surface area contributed by atoms with Crippen LogP contribution in [0.3, 0.4) is 0 Å². The number of aromatic amines is 1. The van der Waals surface area contributed by atoms with Crippen molar-refractivity contribution in [3.63, 3.8) is 0 Å². The van der Waals surface area contributed by atoms with Crippen LogP contribution in [0.25, 0.3) is 44.3 Å². The van der Waals surface area contributed by atoms with Gasteiger partial charge in [-0.1, -0.05) is 18.2 Å². The molecular weight excluding hydrogens is 395 g/mol. The van der Waals surface area contributed by atoms with Gasteiger partial charge in [0.15, 0.2) is 0 Å². The minimum atomic E-state index is -0.369. The molecule has 0 aliphatic carbocycles. The molecule has 0 radical (unpaired) electrons. The number of rotatable bonds is 4. The number of aromatic nitrogens is 1. The van der Waals surface area contributed by atoms with Crippen LogP contribution in [0, 0.1) is 5.82 Å². The lowest BCUT2D eigenvalue weighted by atomic mass is 9.97. The van der Waals surface area contributed by atoms with E-state index < -0.39 is 0 Å². The van der Waals surface area contributed by atoms with Crippen LogP contribution >= 0.6 is 0 Å². The molecule has 2 heterocycles. The molecule has 0 atom stereocenters. The van der Waals surface area contributed by atoms with Gasteiger partial charge in [-0.25, -0.2) is 4.39 Å². The Kier molecular flexibility index (Phi) is 4.40. The lowest BCUT2D eigenvalue weighted by Gasteiger charge is -2.07. The third kappa shape index (κ3) is 3.00. The molecule has 2 N–H and O–H groups in total. The van der Waals surface area contributed by atoms with Crippen LogP contribution in [0.5, 0.6) is 0 Å². The number of hydrogen-bond donors (Lipinski definition) is 2. The Hall–Kier alpha value is -4.19. The van der Waals surface area contributed by atoms with Crippen molar-refractivity contribution < 1.29 is 18.4 Å². The fourth-order valence-corrected chi connectivity index (χ4v) is 3.94. The number of carbonyl (C=O) groups is 2. The molecule has 31 heavy (non-hydrogen) atoms. The highest BCUT2D eigenvalue weighted by molar-refractivity contribution is 6.19. The van der Waals surface area contributed by atoms with E-state index in [2.05, 4.69) is 10.3 Å². The molecule has 5 rings (SSSR count). The van der Waals surface area contributed by atoms with E-state index in [1.54, 1.807) is 37.5 Å². The number of aldehydes is 1. The first kappa shape index (κ1) is 18.8. The molecule has 3 aromatic carbocycles. The summed E-state index contributed by atoms with van der Waals surface area (Å²) in [5.41, 5.74) is 4.61. The van der Waals surface area contributed by atoms with E-state index in [1.807, 2.05) is 24.3 Å². The summed E-state index contributed by atoms with van der Waals surface area (Å²) in [6, 6.07) is 16.9. The molecule has 0 fully saturated rings. The third-order valence-corrected chi connectivity index (χ3v) is 5.39. The molecule has 152 valence electrons. The van der Waals surface area contributed by atoms with Gasteiger partial charge in [0.1, 0.15) is 23.4 Å². The molecular formula is C25H17FN2O3. The van der Waals surface area contributed by atoms with E-state index in [4.69, 9.17) is 4.42 Å². The zero-order valence-corrected chi connectivity index (χ0v) is 16.5. The van der Waals surface area contributed by atoms with Crippen molar-refractivity contribution in [2.24, 2.45) is 0 Å². The van der Waals surface area contributed by atoms with Crippen LogP contribution in [0.1, 0.15) is 20.7 Å². The summed E-state index contributed by atoms with van der Waals surface area (Å²) in [5, 5.41) is 4.12. The minimum Gasteiger partial charge on any atom is -0.454 e.